The third-order valence-corrected chi connectivity index (χ3v) is 2.99. The average Bonchev–Trinajstić information content (AvgIpc) is 2.59. The lowest BCUT2D eigenvalue weighted by atomic mass is 9.82. The smallest absolute Gasteiger partial charge is 0.0282 e. The van der Waals surface area contributed by atoms with Gasteiger partial charge in [-0.25, -0.2) is 0 Å². The predicted molar refractivity (Wildman–Crippen MR) is 92.4 cm³/mol. The van der Waals surface area contributed by atoms with Crippen molar-refractivity contribution in [2.75, 3.05) is 0 Å². The molecule has 0 heterocycles. The molecule has 1 atom stereocenters. The molecular formula is C19H31N. The lowest BCUT2D eigenvalue weighted by molar-refractivity contribution is 0.547. The molecule has 1 aliphatic carbocycles. The second kappa shape index (κ2) is 10.3. The zero-order valence-electron chi connectivity index (χ0n) is 13.8. The van der Waals surface area contributed by atoms with Crippen LogP contribution in [0, 0.1) is 5.41 Å². The Kier molecular flexibility index (Phi) is 9.53. The standard InChI is InChI=1S/C17H25N.C2H6/c1-4-6-10-15(9-5-2)13-17(3)12-8-7-11-16(18)14-17;1-2/h6-12,14H,4-5,13,18H2,1-3H3;1-2H3/b10-6-,15-9+;. The Hall–Kier alpha value is -1.50. The molecule has 0 aromatic heterocycles. The van der Waals surface area contributed by atoms with Crippen molar-refractivity contribution in [2.24, 2.45) is 11.1 Å². The highest BCUT2D eigenvalue weighted by Crippen LogP contribution is 2.32. The van der Waals surface area contributed by atoms with Gasteiger partial charge in [0, 0.05) is 11.1 Å². The quantitative estimate of drug-likeness (QED) is 0.641. The van der Waals surface area contributed by atoms with Crippen molar-refractivity contribution < 1.29 is 0 Å². The summed E-state index contributed by atoms with van der Waals surface area (Å²) < 4.78 is 0. The zero-order chi connectivity index (χ0) is 15.4. The second-order valence-corrected chi connectivity index (χ2v) is 5.04. The summed E-state index contributed by atoms with van der Waals surface area (Å²) in [6, 6.07) is 0. The summed E-state index contributed by atoms with van der Waals surface area (Å²) in [5, 5.41) is 0. The van der Waals surface area contributed by atoms with Gasteiger partial charge in [-0.15, -0.1) is 0 Å². The van der Waals surface area contributed by atoms with Crippen LogP contribution in [0.15, 0.2) is 59.9 Å². The third-order valence-electron chi connectivity index (χ3n) is 2.99. The van der Waals surface area contributed by atoms with Crippen LogP contribution in [0.25, 0.3) is 0 Å². The molecule has 0 spiro atoms. The molecule has 1 aliphatic rings. The maximum absolute atomic E-state index is 5.96. The van der Waals surface area contributed by atoms with Crippen molar-refractivity contribution in [3.63, 3.8) is 0 Å². The van der Waals surface area contributed by atoms with Crippen LogP contribution in [0.2, 0.25) is 0 Å². The Morgan fingerprint density at radius 2 is 1.90 bits per heavy atom. The van der Waals surface area contributed by atoms with E-state index in [1.54, 1.807) is 0 Å². The molecule has 2 N–H and O–H groups in total. The fraction of sp³-hybridized carbons (Fsp3) is 0.474. The molecule has 0 aliphatic heterocycles. The highest BCUT2D eigenvalue weighted by Gasteiger charge is 2.20. The largest absolute Gasteiger partial charge is 0.399 e. The SMILES string of the molecule is CC.CC/C=C\C(=C/CC)CC1(C)C=CC=CC(N)=C1. The Labute approximate surface area is 125 Å². The van der Waals surface area contributed by atoms with Gasteiger partial charge in [0.25, 0.3) is 0 Å². The average molecular weight is 273 g/mol. The van der Waals surface area contributed by atoms with Gasteiger partial charge in [-0.05, 0) is 25.3 Å². The van der Waals surface area contributed by atoms with Crippen LogP contribution in [0.3, 0.4) is 0 Å². The molecule has 1 rings (SSSR count). The van der Waals surface area contributed by atoms with E-state index in [2.05, 4.69) is 57.2 Å². The summed E-state index contributed by atoms with van der Waals surface area (Å²) in [4.78, 5) is 0. The highest BCUT2D eigenvalue weighted by molar-refractivity contribution is 5.32. The van der Waals surface area contributed by atoms with E-state index in [9.17, 15) is 0 Å². The first-order chi connectivity index (χ1) is 9.59. The summed E-state index contributed by atoms with van der Waals surface area (Å²) in [5.41, 5.74) is 8.20. The van der Waals surface area contributed by atoms with E-state index < -0.39 is 0 Å². The van der Waals surface area contributed by atoms with Crippen LogP contribution in [0.1, 0.15) is 53.9 Å². The summed E-state index contributed by atoms with van der Waals surface area (Å²) in [6.07, 6.45) is 20.3. The first-order valence-corrected chi connectivity index (χ1v) is 7.79. The van der Waals surface area contributed by atoms with E-state index in [4.69, 9.17) is 5.73 Å². The van der Waals surface area contributed by atoms with E-state index in [-0.39, 0.29) is 5.41 Å². The normalized spacial score (nSPS) is 22.2. The Morgan fingerprint density at radius 1 is 1.20 bits per heavy atom. The summed E-state index contributed by atoms with van der Waals surface area (Å²) in [7, 11) is 0. The molecule has 0 radical (unpaired) electrons. The van der Waals surface area contributed by atoms with E-state index >= 15 is 0 Å². The van der Waals surface area contributed by atoms with Crippen molar-refractivity contribution in [3.8, 4) is 0 Å². The van der Waals surface area contributed by atoms with Crippen LogP contribution in [-0.4, -0.2) is 0 Å². The molecule has 0 amide bonds. The minimum atomic E-state index is 0.00662. The van der Waals surface area contributed by atoms with Crippen molar-refractivity contribution >= 4 is 0 Å². The van der Waals surface area contributed by atoms with Crippen LogP contribution in [0.5, 0.6) is 0 Å². The molecule has 0 aromatic rings. The van der Waals surface area contributed by atoms with Gasteiger partial charge < -0.3 is 5.73 Å². The van der Waals surface area contributed by atoms with Gasteiger partial charge in [-0.1, -0.05) is 82.7 Å². The molecule has 0 saturated carbocycles. The van der Waals surface area contributed by atoms with Crippen molar-refractivity contribution in [3.05, 3.63) is 59.9 Å². The molecule has 112 valence electrons. The molecule has 20 heavy (non-hydrogen) atoms. The van der Waals surface area contributed by atoms with Gasteiger partial charge >= 0.3 is 0 Å². The number of hydrogen-bond donors (Lipinski definition) is 1. The molecule has 1 unspecified atom stereocenters. The predicted octanol–water partition coefficient (Wildman–Crippen LogP) is 5.68. The van der Waals surface area contributed by atoms with Gasteiger partial charge in [0.2, 0.25) is 0 Å². The van der Waals surface area contributed by atoms with E-state index in [1.165, 1.54) is 5.57 Å². The topological polar surface area (TPSA) is 26.0 Å². The number of allylic oxidation sites excluding steroid dienone is 9. The first kappa shape index (κ1) is 18.5. The second-order valence-electron chi connectivity index (χ2n) is 5.04. The van der Waals surface area contributed by atoms with Gasteiger partial charge in [0.1, 0.15) is 0 Å². The lowest BCUT2D eigenvalue weighted by Gasteiger charge is -2.23. The molecule has 1 heteroatoms. The van der Waals surface area contributed by atoms with Gasteiger partial charge in [-0.3, -0.25) is 0 Å². The van der Waals surface area contributed by atoms with Gasteiger partial charge in [0.15, 0.2) is 0 Å². The summed E-state index contributed by atoms with van der Waals surface area (Å²) >= 11 is 0. The fourth-order valence-electron chi connectivity index (χ4n) is 2.20. The third kappa shape index (κ3) is 7.18. The number of hydrogen-bond acceptors (Lipinski definition) is 1. The number of nitrogens with two attached hydrogens (primary N) is 1. The minimum Gasteiger partial charge on any atom is -0.399 e. The maximum Gasteiger partial charge on any atom is 0.0282 e. The van der Waals surface area contributed by atoms with E-state index in [0.717, 1.165) is 25.0 Å². The molecule has 0 fully saturated rings. The lowest BCUT2D eigenvalue weighted by Crippen LogP contribution is -2.12. The van der Waals surface area contributed by atoms with Gasteiger partial charge in [-0.2, -0.15) is 0 Å². The zero-order valence-corrected chi connectivity index (χ0v) is 13.8. The Balaban J connectivity index is 0.00000172. The van der Waals surface area contributed by atoms with Crippen LogP contribution < -0.4 is 5.73 Å². The van der Waals surface area contributed by atoms with Crippen LogP contribution in [0.4, 0.5) is 0 Å². The molecular weight excluding hydrogens is 242 g/mol. The van der Waals surface area contributed by atoms with Crippen LogP contribution >= 0.6 is 0 Å². The molecule has 0 aromatic carbocycles. The molecule has 0 saturated heterocycles. The fourth-order valence-corrected chi connectivity index (χ4v) is 2.20. The maximum atomic E-state index is 5.96. The van der Waals surface area contributed by atoms with Crippen molar-refractivity contribution in [2.45, 2.75) is 53.9 Å². The summed E-state index contributed by atoms with van der Waals surface area (Å²) in [5.74, 6) is 0. The monoisotopic (exact) mass is 273 g/mol. The summed E-state index contributed by atoms with van der Waals surface area (Å²) in [6.45, 7) is 10.6. The molecule has 0 bridgehead atoms. The van der Waals surface area contributed by atoms with Crippen LogP contribution in [-0.2, 0) is 0 Å². The number of rotatable bonds is 5. The minimum absolute atomic E-state index is 0.00662. The highest BCUT2D eigenvalue weighted by atomic mass is 14.6. The first-order valence-electron chi connectivity index (χ1n) is 7.79. The Morgan fingerprint density at radius 3 is 2.50 bits per heavy atom. The Bertz CT molecular complexity index is 407. The van der Waals surface area contributed by atoms with Crippen molar-refractivity contribution in [1.29, 1.82) is 0 Å². The van der Waals surface area contributed by atoms with E-state index in [1.807, 2.05) is 26.0 Å². The van der Waals surface area contributed by atoms with E-state index in [0.29, 0.717) is 0 Å². The van der Waals surface area contributed by atoms with Gasteiger partial charge in [0.05, 0.1) is 0 Å². The van der Waals surface area contributed by atoms with Crippen molar-refractivity contribution in [1.82, 2.24) is 0 Å². The molecule has 1 nitrogen and oxygen atoms in total.